The minimum absolute atomic E-state index is 0.236. The number of imidazole rings is 1. The molecule has 3 aromatic heterocycles. The average molecular weight is 445 g/mol. The number of nitriles is 1. The number of hydrogen-bond acceptors (Lipinski definition) is 6. The molecule has 8 nitrogen and oxygen atoms in total. The lowest BCUT2D eigenvalue weighted by Crippen LogP contribution is -2.22. The van der Waals surface area contributed by atoms with Crippen molar-refractivity contribution in [3.8, 4) is 23.1 Å². The number of anilines is 1. The lowest BCUT2D eigenvalue weighted by Gasteiger charge is -2.11. The molecule has 0 aliphatic carbocycles. The average Bonchev–Trinajstić information content (AvgIpc) is 3.27. The molecule has 3 heterocycles. The summed E-state index contributed by atoms with van der Waals surface area (Å²) in [5.74, 6) is 0.803. The fourth-order valence-electron chi connectivity index (χ4n) is 3.72. The number of nitrogens with one attached hydrogen (secondary N) is 1. The van der Waals surface area contributed by atoms with Gasteiger partial charge in [0.1, 0.15) is 11.3 Å². The molecule has 3 N–H and O–H groups in total. The van der Waals surface area contributed by atoms with E-state index in [0.29, 0.717) is 35.0 Å². The van der Waals surface area contributed by atoms with Gasteiger partial charge in [0.05, 0.1) is 17.2 Å². The number of hydrogen-bond donors (Lipinski definition) is 2. The van der Waals surface area contributed by atoms with E-state index in [9.17, 15) is 4.79 Å². The van der Waals surface area contributed by atoms with E-state index < -0.39 is 0 Å². The molecule has 0 saturated heterocycles. The van der Waals surface area contributed by atoms with Gasteiger partial charge >= 0.3 is 0 Å². The third-order valence-electron chi connectivity index (χ3n) is 5.40. The molecule has 0 aliphatic heterocycles. The number of benzene rings is 2. The number of nitrogens with zero attached hydrogens (tertiary/aromatic N) is 5. The largest absolute Gasteiger partial charge is 0.383 e. The third-order valence-corrected chi connectivity index (χ3v) is 5.40. The first-order valence-corrected chi connectivity index (χ1v) is 10.6. The second-order valence-corrected chi connectivity index (χ2v) is 7.59. The molecule has 0 bridgehead atoms. The summed E-state index contributed by atoms with van der Waals surface area (Å²) < 4.78 is 1.94. The first kappa shape index (κ1) is 20.8. The highest BCUT2D eigenvalue weighted by molar-refractivity contribution is 5.94. The van der Waals surface area contributed by atoms with Crippen molar-refractivity contribution < 1.29 is 4.79 Å². The highest BCUT2D eigenvalue weighted by Crippen LogP contribution is 2.30. The van der Waals surface area contributed by atoms with Crippen LogP contribution in [0.1, 0.15) is 21.5 Å². The molecule has 0 radical (unpaired) electrons. The Morgan fingerprint density at radius 2 is 1.79 bits per heavy atom. The van der Waals surface area contributed by atoms with Crippen LogP contribution in [0.25, 0.3) is 28.2 Å². The smallest absolute Gasteiger partial charge is 0.251 e. The van der Waals surface area contributed by atoms with Crippen LogP contribution in [0.15, 0.2) is 85.2 Å². The first-order valence-electron chi connectivity index (χ1n) is 10.6. The Labute approximate surface area is 195 Å². The van der Waals surface area contributed by atoms with Crippen molar-refractivity contribution >= 4 is 22.9 Å². The van der Waals surface area contributed by atoms with E-state index in [1.54, 1.807) is 36.7 Å². The summed E-state index contributed by atoms with van der Waals surface area (Å²) in [6.07, 6.45) is 3.37. The van der Waals surface area contributed by atoms with Crippen molar-refractivity contribution in [3.63, 3.8) is 0 Å². The molecule has 0 unspecified atom stereocenters. The predicted molar refractivity (Wildman–Crippen MR) is 129 cm³/mol. The molecule has 0 spiro atoms. The predicted octanol–water partition coefficient (Wildman–Crippen LogP) is 3.87. The molecule has 0 atom stereocenters. The monoisotopic (exact) mass is 445 g/mol. The maximum absolute atomic E-state index is 12.5. The number of carbonyl (C=O) groups is 1. The van der Waals surface area contributed by atoms with Gasteiger partial charge in [-0.1, -0.05) is 18.2 Å². The number of carbonyl (C=O) groups excluding carboxylic acids is 1. The normalized spacial score (nSPS) is 10.7. The van der Waals surface area contributed by atoms with Crippen LogP contribution < -0.4 is 11.1 Å². The van der Waals surface area contributed by atoms with Crippen molar-refractivity contribution in [2.24, 2.45) is 0 Å². The van der Waals surface area contributed by atoms with Crippen molar-refractivity contribution in [1.29, 1.82) is 5.26 Å². The zero-order chi connectivity index (χ0) is 23.5. The van der Waals surface area contributed by atoms with E-state index in [4.69, 9.17) is 16.0 Å². The fourth-order valence-corrected chi connectivity index (χ4v) is 3.72. The van der Waals surface area contributed by atoms with Crippen molar-refractivity contribution in [1.82, 2.24) is 24.8 Å². The first-order chi connectivity index (χ1) is 16.6. The van der Waals surface area contributed by atoms with Gasteiger partial charge in [-0.25, -0.2) is 15.0 Å². The maximum atomic E-state index is 12.5. The topological polar surface area (TPSA) is 123 Å². The minimum atomic E-state index is -0.236. The van der Waals surface area contributed by atoms with Gasteiger partial charge in [-0.15, -0.1) is 0 Å². The number of rotatable bonds is 5. The molecule has 5 rings (SSSR count). The summed E-state index contributed by atoms with van der Waals surface area (Å²) in [5.41, 5.74) is 11.0. The van der Waals surface area contributed by atoms with Crippen LogP contribution in [0, 0.1) is 11.3 Å². The van der Waals surface area contributed by atoms with Gasteiger partial charge in [-0.2, -0.15) is 5.26 Å². The molecule has 1 amide bonds. The molecule has 34 heavy (non-hydrogen) atoms. The molecule has 5 aromatic rings. The molecular formula is C26H19N7O. The Balaban J connectivity index is 1.43. The Bertz CT molecular complexity index is 1550. The van der Waals surface area contributed by atoms with E-state index in [2.05, 4.69) is 15.3 Å². The van der Waals surface area contributed by atoms with Crippen molar-refractivity contribution in [2.75, 3.05) is 5.73 Å². The SMILES string of the molecule is N#Cc1cccc(C(=O)NCc2ccc(-n3c(-c4cccnc4N)nc4cccnc43)cc2)c1. The molecule has 0 aliphatic rings. The van der Waals surface area contributed by atoms with Crippen LogP contribution in [-0.4, -0.2) is 25.4 Å². The van der Waals surface area contributed by atoms with Gasteiger partial charge < -0.3 is 11.1 Å². The summed E-state index contributed by atoms with van der Waals surface area (Å²) >= 11 is 0. The molecule has 164 valence electrons. The second-order valence-electron chi connectivity index (χ2n) is 7.59. The van der Waals surface area contributed by atoms with Crippen LogP contribution in [0.5, 0.6) is 0 Å². The Hall–Kier alpha value is -5.03. The number of nitrogen functional groups attached to an aromatic ring is 1. The molecule has 8 heteroatoms. The molecule has 0 saturated carbocycles. The summed E-state index contributed by atoms with van der Waals surface area (Å²) in [7, 11) is 0. The van der Waals surface area contributed by atoms with Crippen LogP contribution in [-0.2, 0) is 6.54 Å². The lowest BCUT2D eigenvalue weighted by atomic mass is 10.1. The van der Waals surface area contributed by atoms with Gasteiger partial charge in [0.2, 0.25) is 0 Å². The van der Waals surface area contributed by atoms with Crippen molar-refractivity contribution in [2.45, 2.75) is 6.54 Å². The zero-order valence-electron chi connectivity index (χ0n) is 18.0. The van der Waals surface area contributed by atoms with Crippen molar-refractivity contribution in [3.05, 3.63) is 102 Å². The summed E-state index contributed by atoms with van der Waals surface area (Å²) in [6, 6.07) is 23.9. The quantitative estimate of drug-likeness (QED) is 0.423. The van der Waals surface area contributed by atoms with Crippen LogP contribution in [0.2, 0.25) is 0 Å². The third kappa shape index (κ3) is 3.94. The van der Waals surface area contributed by atoms with E-state index in [1.165, 1.54) is 0 Å². The Morgan fingerprint density at radius 1 is 1.00 bits per heavy atom. The van der Waals surface area contributed by atoms with Gasteiger partial charge in [-0.3, -0.25) is 9.36 Å². The van der Waals surface area contributed by atoms with E-state index in [0.717, 1.165) is 22.3 Å². The lowest BCUT2D eigenvalue weighted by molar-refractivity contribution is 0.0951. The number of aromatic nitrogens is 4. The van der Waals surface area contributed by atoms with Gasteiger partial charge in [0, 0.05) is 30.2 Å². The maximum Gasteiger partial charge on any atom is 0.251 e. The zero-order valence-corrected chi connectivity index (χ0v) is 18.0. The Morgan fingerprint density at radius 3 is 2.59 bits per heavy atom. The van der Waals surface area contributed by atoms with Crippen LogP contribution in [0.3, 0.4) is 0 Å². The molecule has 0 fully saturated rings. The van der Waals surface area contributed by atoms with E-state index in [1.807, 2.05) is 59.2 Å². The minimum Gasteiger partial charge on any atom is -0.383 e. The highest BCUT2D eigenvalue weighted by atomic mass is 16.1. The summed E-state index contributed by atoms with van der Waals surface area (Å²) in [4.78, 5) is 25.9. The summed E-state index contributed by atoms with van der Waals surface area (Å²) in [5, 5.41) is 11.9. The van der Waals surface area contributed by atoms with E-state index >= 15 is 0 Å². The van der Waals surface area contributed by atoms with Gasteiger partial charge in [0.15, 0.2) is 11.5 Å². The van der Waals surface area contributed by atoms with Gasteiger partial charge in [-0.05, 0) is 60.2 Å². The number of pyridine rings is 2. The highest BCUT2D eigenvalue weighted by Gasteiger charge is 2.17. The van der Waals surface area contributed by atoms with Crippen LogP contribution in [0.4, 0.5) is 5.82 Å². The number of amides is 1. The van der Waals surface area contributed by atoms with E-state index in [-0.39, 0.29) is 5.91 Å². The van der Waals surface area contributed by atoms with Crippen LogP contribution >= 0.6 is 0 Å². The second kappa shape index (κ2) is 8.84. The number of nitrogens with two attached hydrogens (primary N) is 1. The molecule has 2 aromatic carbocycles. The Kier molecular flexibility index (Phi) is 5.42. The number of fused-ring (bicyclic) bond motifs is 1. The molecular weight excluding hydrogens is 426 g/mol. The summed E-state index contributed by atoms with van der Waals surface area (Å²) in [6.45, 7) is 0.348. The standard InChI is InChI=1S/C26H19N7O/c27-15-18-4-1-5-19(14-18)26(34)31-16-17-8-10-20(11-9-17)33-24(21-6-2-12-29-23(21)28)32-22-7-3-13-30-25(22)33/h1-14H,16H2,(H2,28,29)(H,31,34). The fraction of sp³-hybridized carbons (Fsp3) is 0.0385. The van der Waals surface area contributed by atoms with Gasteiger partial charge in [0.25, 0.3) is 5.91 Å².